The monoisotopic (exact) mass is 420 g/mol. The molecule has 162 valence electrons. The number of rotatable bonds is 7. The number of carbonyl (C=O) groups excluding carboxylic acids is 1. The Morgan fingerprint density at radius 3 is 2.68 bits per heavy atom. The maximum absolute atomic E-state index is 13.0. The SMILES string of the molecule is COc1cccc(C(CO)CCC(=O)N2CC3CC[C@@H](C2)N3c2ccc(C#N)cn2)c1. The van der Waals surface area contributed by atoms with Gasteiger partial charge in [-0.05, 0) is 49.1 Å². The second-order valence-electron chi connectivity index (χ2n) is 8.30. The first-order chi connectivity index (χ1) is 15.1. The van der Waals surface area contributed by atoms with Crippen LogP contribution in [0.15, 0.2) is 42.6 Å². The quantitative estimate of drug-likeness (QED) is 0.741. The summed E-state index contributed by atoms with van der Waals surface area (Å²) in [4.78, 5) is 21.7. The molecule has 31 heavy (non-hydrogen) atoms. The number of amides is 1. The summed E-state index contributed by atoms with van der Waals surface area (Å²) in [6.45, 7) is 1.39. The van der Waals surface area contributed by atoms with E-state index in [4.69, 9.17) is 10.00 Å². The molecule has 2 aliphatic heterocycles. The molecule has 1 aromatic carbocycles. The van der Waals surface area contributed by atoms with Crippen LogP contribution < -0.4 is 9.64 Å². The second kappa shape index (κ2) is 9.36. The molecule has 1 N–H and O–H groups in total. The zero-order valence-corrected chi connectivity index (χ0v) is 17.8. The number of anilines is 1. The highest BCUT2D eigenvalue weighted by Crippen LogP contribution is 2.34. The molecule has 4 rings (SSSR count). The Kier molecular flexibility index (Phi) is 6.38. The van der Waals surface area contributed by atoms with Crippen LogP contribution in [-0.2, 0) is 4.79 Å². The van der Waals surface area contributed by atoms with Crippen molar-refractivity contribution < 1.29 is 14.6 Å². The summed E-state index contributed by atoms with van der Waals surface area (Å²) in [5.41, 5.74) is 1.55. The second-order valence-corrected chi connectivity index (χ2v) is 8.30. The molecule has 2 aromatic rings. The van der Waals surface area contributed by atoms with E-state index < -0.39 is 0 Å². The summed E-state index contributed by atoms with van der Waals surface area (Å²) in [7, 11) is 1.62. The average Bonchev–Trinajstić information content (AvgIpc) is 3.08. The number of methoxy groups -OCH3 is 1. The van der Waals surface area contributed by atoms with Crippen molar-refractivity contribution in [2.24, 2.45) is 0 Å². The number of ether oxygens (including phenoxy) is 1. The number of aliphatic hydroxyl groups is 1. The minimum absolute atomic E-state index is 0.00381. The lowest BCUT2D eigenvalue weighted by Crippen LogP contribution is -2.55. The molecule has 1 aromatic heterocycles. The van der Waals surface area contributed by atoms with Crippen LogP contribution in [0.3, 0.4) is 0 Å². The lowest BCUT2D eigenvalue weighted by Gasteiger charge is -2.42. The Morgan fingerprint density at radius 2 is 2.06 bits per heavy atom. The Balaban J connectivity index is 1.36. The number of benzene rings is 1. The molecule has 0 saturated carbocycles. The number of carbonyl (C=O) groups is 1. The summed E-state index contributed by atoms with van der Waals surface area (Å²) in [5, 5.41) is 18.8. The molecular weight excluding hydrogens is 392 g/mol. The molecule has 0 spiro atoms. The smallest absolute Gasteiger partial charge is 0.222 e. The van der Waals surface area contributed by atoms with E-state index in [1.807, 2.05) is 35.2 Å². The van der Waals surface area contributed by atoms with Crippen molar-refractivity contribution in [2.45, 2.75) is 43.7 Å². The molecular formula is C24H28N4O3. The molecule has 0 radical (unpaired) electrons. The Hall–Kier alpha value is -3.11. The lowest BCUT2D eigenvalue weighted by molar-refractivity contribution is -0.132. The van der Waals surface area contributed by atoms with Crippen molar-refractivity contribution in [1.82, 2.24) is 9.88 Å². The van der Waals surface area contributed by atoms with Crippen molar-refractivity contribution in [3.05, 3.63) is 53.7 Å². The van der Waals surface area contributed by atoms with Crippen LogP contribution >= 0.6 is 0 Å². The minimum atomic E-state index is -0.0834. The van der Waals surface area contributed by atoms with E-state index in [-0.39, 0.29) is 30.5 Å². The standard InChI is InChI=1S/C24H28N4O3/c1-31-22-4-2-3-18(11-22)19(16-29)6-10-24(30)27-14-20-7-8-21(15-27)28(20)23-9-5-17(12-25)13-26-23/h2-5,9,11,13,19-21,29H,6-8,10,14-16H2,1H3/t19?,20-,21?/m0/s1. The maximum atomic E-state index is 13.0. The number of hydrogen-bond donors (Lipinski definition) is 1. The highest BCUT2D eigenvalue weighted by atomic mass is 16.5. The third kappa shape index (κ3) is 4.49. The minimum Gasteiger partial charge on any atom is -0.497 e. The van der Waals surface area contributed by atoms with Gasteiger partial charge in [-0.1, -0.05) is 12.1 Å². The number of nitriles is 1. The van der Waals surface area contributed by atoms with Gasteiger partial charge >= 0.3 is 0 Å². The van der Waals surface area contributed by atoms with Crippen molar-refractivity contribution in [1.29, 1.82) is 5.26 Å². The first-order valence-corrected chi connectivity index (χ1v) is 10.8. The Morgan fingerprint density at radius 1 is 1.29 bits per heavy atom. The van der Waals surface area contributed by atoms with E-state index in [1.54, 1.807) is 19.4 Å². The zero-order valence-electron chi connectivity index (χ0n) is 17.8. The van der Waals surface area contributed by atoms with Crippen LogP contribution in [0.4, 0.5) is 5.82 Å². The third-order valence-corrected chi connectivity index (χ3v) is 6.47. The van der Waals surface area contributed by atoms with Gasteiger partial charge in [-0.3, -0.25) is 4.79 Å². The van der Waals surface area contributed by atoms with E-state index in [1.165, 1.54) is 0 Å². The number of pyridine rings is 1. The summed E-state index contributed by atoms with van der Waals surface area (Å²) in [6.07, 6.45) is 4.71. The summed E-state index contributed by atoms with van der Waals surface area (Å²) in [6, 6.07) is 14.0. The number of aliphatic hydroxyl groups excluding tert-OH is 1. The summed E-state index contributed by atoms with van der Waals surface area (Å²) >= 11 is 0. The van der Waals surface area contributed by atoms with Gasteiger partial charge in [0.25, 0.3) is 0 Å². The van der Waals surface area contributed by atoms with Crippen LogP contribution in [0.2, 0.25) is 0 Å². The van der Waals surface area contributed by atoms with Gasteiger partial charge in [0.15, 0.2) is 0 Å². The largest absolute Gasteiger partial charge is 0.497 e. The Labute approximate surface area is 182 Å². The van der Waals surface area contributed by atoms with Crippen molar-refractivity contribution in [3.8, 4) is 11.8 Å². The topological polar surface area (TPSA) is 89.7 Å². The van der Waals surface area contributed by atoms with Gasteiger partial charge in [-0.25, -0.2) is 4.98 Å². The van der Waals surface area contributed by atoms with E-state index in [9.17, 15) is 9.90 Å². The van der Waals surface area contributed by atoms with Gasteiger partial charge in [0.1, 0.15) is 17.6 Å². The van der Waals surface area contributed by atoms with Crippen molar-refractivity contribution >= 4 is 11.7 Å². The first-order valence-electron chi connectivity index (χ1n) is 10.8. The number of hydrogen-bond acceptors (Lipinski definition) is 6. The molecule has 2 unspecified atom stereocenters. The normalized spacial score (nSPS) is 20.9. The van der Waals surface area contributed by atoms with Crippen molar-refractivity contribution in [3.63, 3.8) is 0 Å². The van der Waals surface area contributed by atoms with Gasteiger partial charge in [0.05, 0.1) is 12.7 Å². The number of nitrogens with zero attached hydrogens (tertiary/aromatic N) is 4. The van der Waals surface area contributed by atoms with Gasteiger partial charge in [0, 0.05) is 50.3 Å². The van der Waals surface area contributed by atoms with E-state index in [0.717, 1.165) is 30.0 Å². The Bertz CT molecular complexity index is 942. The van der Waals surface area contributed by atoms with Crippen molar-refractivity contribution in [2.75, 3.05) is 31.7 Å². The van der Waals surface area contributed by atoms with Crippen LogP contribution in [0.25, 0.3) is 0 Å². The van der Waals surface area contributed by atoms with Gasteiger partial charge in [-0.15, -0.1) is 0 Å². The molecule has 7 heteroatoms. The van der Waals surface area contributed by atoms with Gasteiger partial charge in [0.2, 0.25) is 5.91 Å². The predicted octanol–water partition coefficient (Wildman–Crippen LogP) is 2.70. The number of fused-ring (bicyclic) bond motifs is 2. The van der Waals surface area contributed by atoms with Gasteiger partial charge < -0.3 is 19.6 Å². The molecule has 3 atom stereocenters. The van der Waals surface area contributed by atoms with E-state index >= 15 is 0 Å². The molecule has 1 amide bonds. The fourth-order valence-electron chi connectivity index (χ4n) is 4.80. The highest BCUT2D eigenvalue weighted by Gasteiger charge is 2.41. The van der Waals surface area contributed by atoms with Crippen LogP contribution in [0.5, 0.6) is 5.75 Å². The van der Waals surface area contributed by atoms with Gasteiger partial charge in [-0.2, -0.15) is 5.26 Å². The average molecular weight is 421 g/mol. The van der Waals surface area contributed by atoms with Crippen LogP contribution in [0, 0.1) is 11.3 Å². The van der Waals surface area contributed by atoms with E-state index in [0.29, 0.717) is 31.5 Å². The lowest BCUT2D eigenvalue weighted by atomic mass is 9.94. The maximum Gasteiger partial charge on any atom is 0.222 e. The number of piperazine rings is 1. The van der Waals surface area contributed by atoms with E-state index in [2.05, 4.69) is 16.0 Å². The fraction of sp³-hybridized carbons (Fsp3) is 0.458. The summed E-state index contributed by atoms with van der Waals surface area (Å²) in [5.74, 6) is 1.70. The molecule has 3 heterocycles. The molecule has 2 aliphatic rings. The number of likely N-dealkylation sites (tertiary alicyclic amines) is 1. The van der Waals surface area contributed by atoms with Crippen LogP contribution in [0.1, 0.15) is 42.7 Å². The fourth-order valence-corrected chi connectivity index (χ4v) is 4.80. The number of aromatic nitrogens is 1. The van der Waals surface area contributed by atoms with Crippen LogP contribution in [-0.4, -0.2) is 59.8 Å². The zero-order chi connectivity index (χ0) is 21.8. The molecule has 7 nitrogen and oxygen atoms in total. The predicted molar refractivity (Wildman–Crippen MR) is 117 cm³/mol. The first kappa shape index (κ1) is 21.1. The summed E-state index contributed by atoms with van der Waals surface area (Å²) < 4.78 is 5.28. The third-order valence-electron chi connectivity index (χ3n) is 6.47. The molecule has 2 bridgehead atoms. The molecule has 2 fully saturated rings. The highest BCUT2D eigenvalue weighted by molar-refractivity contribution is 5.77. The molecule has 2 saturated heterocycles. The molecule has 0 aliphatic carbocycles.